The number of H-pyrrole nitrogens is 1. The maximum Gasteiger partial charge on any atom is 0.143 e. The number of aromatic amines is 1. The number of hydrogen-bond acceptors (Lipinski definition) is 3. The highest BCUT2D eigenvalue weighted by atomic mass is 15.2. The Kier molecular flexibility index (Phi) is 2.73. The molecule has 18 heavy (non-hydrogen) atoms. The first kappa shape index (κ1) is 11.5. The third-order valence-corrected chi connectivity index (χ3v) is 4.28. The van der Waals surface area contributed by atoms with Crippen molar-refractivity contribution in [2.45, 2.75) is 27.2 Å². The summed E-state index contributed by atoms with van der Waals surface area (Å²) in [6.45, 7) is 8.99. The molecule has 2 unspecified atom stereocenters. The smallest absolute Gasteiger partial charge is 0.143 e. The van der Waals surface area contributed by atoms with E-state index >= 15 is 0 Å². The molecule has 4 nitrogen and oxygen atoms in total. The molecule has 3 rings (SSSR count). The molecule has 0 aliphatic carbocycles. The Morgan fingerprint density at radius 1 is 1.28 bits per heavy atom. The van der Waals surface area contributed by atoms with Gasteiger partial charge >= 0.3 is 0 Å². The van der Waals surface area contributed by atoms with E-state index in [4.69, 9.17) is 0 Å². The van der Waals surface area contributed by atoms with Crippen molar-refractivity contribution >= 4 is 16.9 Å². The molecule has 3 heterocycles. The Morgan fingerprint density at radius 3 is 2.89 bits per heavy atom. The summed E-state index contributed by atoms with van der Waals surface area (Å²) >= 11 is 0. The minimum Gasteiger partial charge on any atom is -0.356 e. The first-order chi connectivity index (χ1) is 8.66. The third kappa shape index (κ3) is 1.76. The molecule has 0 radical (unpaired) electrons. The van der Waals surface area contributed by atoms with Gasteiger partial charge in [0.1, 0.15) is 17.8 Å². The van der Waals surface area contributed by atoms with E-state index in [-0.39, 0.29) is 0 Å². The summed E-state index contributed by atoms with van der Waals surface area (Å²) in [4.78, 5) is 14.4. The summed E-state index contributed by atoms with van der Waals surface area (Å²) < 4.78 is 0. The Hall–Kier alpha value is -1.58. The van der Waals surface area contributed by atoms with Crippen molar-refractivity contribution in [3.63, 3.8) is 0 Å². The summed E-state index contributed by atoms with van der Waals surface area (Å²) in [6, 6.07) is 0. The zero-order valence-electron chi connectivity index (χ0n) is 11.3. The summed E-state index contributed by atoms with van der Waals surface area (Å²) in [5.74, 6) is 2.63. The lowest BCUT2D eigenvalue weighted by Gasteiger charge is -2.36. The van der Waals surface area contributed by atoms with Crippen LogP contribution in [0.15, 0.2) is 12.5 Å². The number of piperidine rings is 1. The van der Waals surface area contributed by atoms with Crippen LogP contribution in [0.25, 0.3) is 11.0 Å². The normalized spacial score (nSPS) is 24.7. The molecule has 0 amide bonds. The second kappa shape index (κ2) is 4.26. The average Bonchev–Trinajstić information content (AvgIpc) is 2.75. The number of hydrogen-bond donors (Lipinski definition) is 1. The standard InChI is InChI=1S/C14H20N4/c1-9-4-5-18(7-11(9)3)14-12-10(2)6-15-13(12)16-8-17-14/h6,8-9,11H,4-5,7H2,1-3H3,(H,15,16,17). The highest BCUT2D eigenvalue weighted by Gasteiger charge is 2.25. The van der Waals surface area contributed by atoms with E-state index in [0.717, 1.165) is 36.4 Å². The molecule has 2 aromatic rings. The molecule has 0 spiro atoms. The summed E-state index contributed by atoms with van der Waals surface area (Å²) in [7, 11) is 0. The maximum atomic E-state index is 4.52. The molecule has 1 N–H and O–H groups in total. The second-order valence-electron chi connectivity index (χ2n) is 5.58. The minimum absolute atomic E-state index is 0.725. The van der Waals surface area contributed by atoms with Crippen LogP contribution < -0.4 is 4.90 Å². The van der Waals surface area contributed by atoms with E-state index < -0.39 is 0 Å². The van der Waals surface area contributed by atoms with Gasteiger partial charge in [0.2, 0.25) is 0 Å². The van der Waals surface area contributed by atoms with Crippen molar-refractivity contribution in [1.82, 2.24) is 15.0 Å². The predicted octanol–water partition coefficient (Wildman–Crippen LogP) is 2.75. The lowest BCUT2D eigenvalue weighted by Crippen LogP contribution is -2.39. The average molecular weight is 244 g/mol. The number of fused-ring (bicyclic) bond motifs is 1. The highest BCUT2D eigenvalue weighted by molar-refractivity contribution is 5.90. The van der Waals surface area contributed by atoms with Gasteiger partial charge in [-0.2, -0.15) is 0 Å². The fourth-order valence-corrected chi connectivity index (χ4v) is 2.79. The lowest BCUT2D eigenvalue weighted by atomic mass is 9.88. The van der Waals surface area contributed by atoms with Crippen molar-refractivity contribution in [1.29, 1.82) is 0 Å². The first-order valence-corrected chi connectivity index (χ1v) is 6.70. The monoisotopic (exact) mass is 244 g/mol. The number of rotatable bonds is 1. The third-order valence-electron chi connectivity index (χ3n) is 4.28. The molecule has 4 heteroatoms. The largest absolute Gasteiger partial charge is 0.356 e. The number of aromatic nitrogens is 3. The van der Waals surface area contributed by atoms with Crippen LogP contribution in [0.3, 0.4) is 0 Å². The van der Waals surface area contributed by atoms with Crippen molar-refractivity contribution in [2.24, 2.45) is 11.8 Å². The fraction of sp³-hybridized carbons (Fsp3) is 0.571. The zero-order valence-corrected chi connectivity index (χ0v) is 11.3. The molecule has 1 aliphatic heterocycles. The Morgan fingerprint density at radius 2 is 2.11 bits per heavy atom. The van der Waals surface area contributed by atoms with Crippen LogP contribution in [-0.2, 0) is 0 Å². The maximum absolute atomic E-state index is 4.52. The fourth-order valence-electron chi connectivity index (χ4n) is 2.79. The van der Waals surface area contributed by atoms with Gasteiger partial charge in [-0.05, 0) is 30.7 Å². The first-order valence-electron chi connectivity index (χ1n) is 6.70. The zero-order chi connectivity index (χ0) is 12.7. The van der Waals surface area contributed by atoms with Crippen molar-refractivity contribution in [3.8, 4) is 0 Å². The number of nitrogens with one attached hydrogen (secondary N) is 1. The highest BCUT2D eigenvalue weighted by Crippen LogP contribution is 2.31. The Bertz CT molecular complexity index is 560. The summed E-state index contributed by atoms with van der Waals surface area (Å²) in [5.41, 5.74) is 2.18. The molecule has 0 saturated carbocycles. The van der Waals surface area contributed by atoms with E-state index in [0.29, 0.717) is 0 Å². The number of anilines is 1. The van der Waals surface area contributed by atoms with Gasteiger partial charge in [-0.25, -0.2) is 9.97 Å². The van der Waals surface area contributed by atoms with Crippen LogP contribution in [0.2, 0.25) is 0 Å². The lowest BCUT2D eigenvalue weighted by molar-refractivity contribution is 0.323. The quantitative estimate of drug-likeness (QED) is 0.839. The van der Waals surface area contributed by atoms with Crippen LogP contribution in [0, 0.1) is 18.8 Å². The molecular formula is C14H20N4. The molecule has 2 aromatic heterocycles. The van der Waals surface area contributed by atoms with Crippen molar-refractivity contribution < 1.29 is 0 Å². The summed E-state index contributed by atoms with van der Waals surface area (Å²) in [5, 5.41) is 1.18. The van der Waals surface area contributed by atoms with Crippen LogP contribution in [0.4, 0.5) is 5.82 Å². The predicted molar refractivity (Wildman–Crippen MR) is 73.8 cm³/mol. The number of nitrogens with zero attached hydrogens (tertiary/aromatic N) is 3. The molecular weight excluding hydrogens is 224 g/mol. The molecule has 96 valence electrons. The van der Waals surface area contributed by atoms with Gasteiger partial charge in [-0.15, -0.1) is 0 Å². The molecule has 1 saturated heterocycles. The minimum atomic E-state index is 0.725. The van der Waals surface area contributed by atoms with E-state index in [9.17, 15) is 0 Å². The molecule has 1 aliphatic rings. The van der Waals surface area contributed by atoms with Crippen LogP contribution in [0.5, 0.6) is 0 Å². The number of aryl methyl sites for hydroxylation is 1. The molecule has 0 bridgehead atoms. The van der Waals surface area contributed by atoms with E-state index in [2.05, 4.69) is 40.6 Å². The van der Waals surface area contributed by atoms with Gasteiger partial charge in [0, 0.05) is 19.3 Å². The Labute approximate surface area is 107 Å². The van der Waals surface area contributed by atoms with Crippen LogP contribution in [0.1, 0.15) is 25.8 Å². The van der Waals surface area contributed by atoms with Crippen molar-refractivity contribution in [2.75, 3.05) is 18.0 Å². The molecule has 0 aromatic carbocycles. The van der Waals surface area contributed by atoms with Gasteiger partial charge < -0.3 is 9.88 Å². The van der Waals surface area contributed by atoms with Crippen molar-refractivity contribution in [3.05, 3.63) is 18.1 Å². The second-order valence-corrected chi connectivity index (χ2v) is 5.58. The summed E-state index contributed by atoms with van der Waals surface area (Å²) in [6.07, 6.45) is 4.92. The van der Waals surface area contributed by atoms with E-state index in [1.165, 1.54) is 17.4 Å². The Balaban J connectivity index is 2.01. The van der Waals surface area contributed by atoms with Crippen LogP contribution in [-0.4, -0.2) is 28.0 Å². The molecule has 2 atom stereocenters. The topological polar surface area (TPSA) is 44.8 Å². The van der Waals surface area contributed by atoms with Gasteiger partial charge in [0.25, 0.3) is 0 Å². The van der Waals surface area contributed by atoms with E-state index in [1.54, 1.807) is 6.33 Å². The van der Waals surface area contributed by atoms with E-state index in [1.807, 2.05) is 6.20 Å². The van der Waals surface area contributed by atoms with Crippen LogP contribution >= 0.6 is 0 Å². The van der Waals surface area contributed by atoms with Gasteiger partial charge in [0.05, 0.1) is 5.39 Å². The SMILES string of the molecule is Cc1c[nH]c2ncnc(N3CCC(C)C(C)C3)c12. The van der Waals surface area contributed by atoms with Gasteiger partial charge in [-0.1, -0.05) is 13.8 Å². The molecule has 1 fully saturated rings. The van der Waals surface area contributed by atoms with Gasteiger partial charge in [-0.3, -0.25) is 0 Å². The van der Waals surface area contributed by atoms with Gasteiger partial charge in [0.15, 0.2) is 0 Å².